The van der Waals surface area contributed by atoms with Crippen LogP contribution in [0.1, 0.15) is 22.6 Å². The Hall–Kier alpha value is -1.82. The van der Waals surface area contributed by atoms with Gasteiger partial charge in [-0.15, -0.1) is 0 Å². The SMILES string of the molecule is Cc1ccc(C(C#N)C(=O)O)c(C)c1. The van der Waals surface area contributed by atoms with Gasteiger partial charge in [-0.3, -0.25) is 4.79 Å². The van der Waals surface area contributed by atoms with E-state index in [1.54, 1.807) is 12.1 Å². The van der Waals surface area contributed by atoms with Crippen LogP contribution in [0, 0.1) is 25.2 Å². The molecular weight excluding hydrogens is 178 g/mol. The number of hydrogen-bond acceptors (Lipinski definition) is 2. The van der Waals surface area contributed by atoms with Gasteiger partial charge in [0.05, 0.1) is 6.07 Å². The smallest absolute Gasteiger partial charge is 0.325 e. The molecule has 0 fully saturated rings. The average molecular weight is 189 g/mol. The van der Waals surface area contributed by atoms with Crippen molar-refractivity contribution in [1.29, 1.82) is 5.26 Å². The van der Waals surface area contributed by atoms with Crippen molar-refractivity contribution in [3.8, 4) is 6.07 Å². The molecule has 0 radical (unpaired) electrons. The minimum absolute atomic E-state index is 0.575. The molecule has 0 bridgehead atoms. The molecule has 1 aromatic carbocycles. The predicted octanol–water partition coefficient (Wildman–Crippen LogP) is 2.00. The van der Waals surface area contributed by atoms with E-state index < -0.39 is 11.9 Å². The van der Waals surface area contributed by atoms with Crippen LogP contribution >= 0.6 is 0 Å². The van der Waals surface area contributed by atoms with E-state index in [2.05, 4.69) is 0 Å². The number of hydrogen-bond donors (Lipinski definition) is 1. The molecule has 1 rings (SSSR count). The Morgan fingerprint density at radius 1 is 1.50 bits per heavy atom. The molecule has 0 aliphatic heterocycles. The fourth-order valence-electron chi connectivity index (χ4n) is 1.41. The fraction of sp³-hybridized carbons (Fsp3) is 0.273. The molecule has 1 unspecified atom stereocenters. The number of aryl methyl sites for hydroxylation is 2. The van der Waals surface area contributed by atoms with Gasteiger partial charge in [0.2, 0.25) is 0 Å². The molecule has 0 spiro atoms. The van der Waals surface area contributed by atoms with Crippen molar-refractivity contribution in [3.05, 3.63) is 34.9 Å². The highest BCUT2D eigenvalue weighted by Crippen LogP contribution is 2.20. The zero-order valence-corrected chi connectivity index (χ0v) is 8.11. The first kappa shape index (κ1) is 10.3. The number of benzene rings is 1. The van der Waals surface area contributed by atoms with E-state index in [0.29, 0.717) is 5.56 Å². The van der Waals surface area contributed by atoms with Crippen LogP contribution in [-0.4, -0.2) is 11.1 Å². The molecule has 0 saturated carbocycles. The topological polar surface area (TPSA) is 61.1 Å². The lowest BCUT2D eigenvalue weighted by atomic mass is 9.95. The maximum atomic E-state index is 10.7. The second-order valence-corrected chi connectivity index (χ2v) is 3.26. The standard InChI is InChI=1S/C11H11NO2/c1-7-3-4-9(8(2)5-7)10(6-12)11(13)14/h3-5,10H,1-2H3,(H,13,14). The molecule has 1 aromatic rings. The lowest BCUT2D eigenvalue weighted by molar-refractivity contribution is -0.137. The van der Waals surface area contributed by atoms with Crippen LogP contribution in [-0.2, 0) is 4.79 Å². The summed E-state index contributed by atoms with van der Waals surface area (Å²) in [7, 11) is 0. The Kier molecular flexibility index (Phi) is 2.88. The van der Waals surface area contributed by atoms with Crippen molar-refractivity contribution in [1.82, 2.24) is 0 Å². The van der Waals surface area contributed by atoms with Gasteiger partial charge in [-0.2, -0.15) is 5.26 Å². The summed E-state index contributed by atoms with van der Waals surface area (Å²) in [6.45, 7) is 3.74. The zero-order valence-electron chi connectivity index (χ0n) is 8.11. The van der Waals surface area contributed by atoms with Gasteiger partial charge in [0.1, 0.15) is 0 Å². The van der Waals surface area contributed by atoms with E-state index in [-0.39, 0.29) is 0 Å². The third-order valence-corrected chi connectivity index (χ3v) is 2.11. The van der Waals surface area contributed by atoms with Gasteiger partial charge in [-0.1, -0.05) is 23.8 Å². The minimum atomic E-state index is -1.10. The number of nitriles is 1. The van der Waals surface area contributed by atoms with Crippen LogP contribution in [0.3, 0.4) is 0 Å². The molecule has 3 heteroatoms. The fourth-order valence-corrected chi connectivity index (χ4v) is 1.41. The third kappa shape index (κ3) is 1.91. The van der Waals surface area contributed by atoms with Crippen molar-refractivity contribution in [2.45, 2.75) is 19.8 Å². The number of carboxylic acids is 1. The Labute approximate surface area is 82.6 Å². The van der Waals surface area contributed by atoms with E-state index >= 15 is 0 Å². The summed E-state index contributed by atoms with van der Waals surface area (Å²) in [6.07, 6.45) is 0. The molecular formula is C11H11NO2. The normalized spacial score (nSPS) is 11.8. The van der Waals surface area contributed by atoms with Crippen LogP contribution in [0.2, 0.25) is 0 Å². The lowest BCUT2D eigenvalue weighted by Crippen LogP contribution is -2.10. The van der Waals surface area contributed by atoms with Gasteiger partial charge in [-0.25, -0.2) is 0 Å². The summed E-state index contributed by atoms with van der Waals surface area (Å²) in [6, 6.07) is 7.17. The molecule has 14 heavy (non-hydrogen) atoms. The zero-order chi connectivity index (χ0) is 10.7. The molecule has 1 N–H and O–H groups in total. The van der Waals surface area contributed by atoms with Gasteiger partial charge in [0.15, 0.2) is 5.92 Å². The highest BCUT2D eigenvalue weighted by Gasteiger charge is 2.20. The van der Waals surface area contributed by atoms with Gasteiger partial charge in [0.25, 0.3) is 0 Å². The Balaban J connectivity index is 3.19. The van der Waals surface area contributed by atoms with E-state index in [9.17, 15) is 4.79 Å². The summed E-state index contributed by atoms with van der Waals surface area (Å²) < 4.78 is 0. The Morgan fingerprint density at radius 2 is 2.14 bits per heavy atom. The Bertz CT molecular complexity index is 404. The molecule has 3 nitrogen and oxygen atoms in total. The largest absolute Gasteiger partial charge is 0.480 e. The number of carboxylic acid groups (broad SMARTS) is 1. The predicted molar refractivity (Wildman–Crippen MR) is 51.9 cm³/mol. The van der Waals surface area contributed by atoms with Crippen LogP contribution in [0.15, 0.2) is 18.2 Å². The summed E-state index contributed by atoms with van der Waals surface area (Å²) in [5.41, 5.74) is 2.48. The number of rotatable bonds is 2. The van der Waals surface area contributed by atoms with Crippen molar-refractivity contribution >= 4 is 5.97 Å². The first-order valence-corrected chi connectivity index (χ1v) is 4.26. The van der Waals surface area contributed by atoms with Crippen LogP contribution in [0.4, 0.5) is 0 Å². The highest BCUT2D eigenvalue weighted by molar-refractivity contribution is 5.79. The van der Waals surface area contributed by atoms with E-state index in [1.165, 1.54) is 0 Å². The average Bonchev–Trinajstić information content (AvgIpc) is 2.09. The van der Waals surface area contributed by atoms with Crippen molar-refractivity contribution in [2.75, 3.05) is 0 Å². The maximum Gasteiger partial charge on any atom is 0.325 e. The van der Waals surface area contributed by atoms with Gasteiger partial charge in [-0.05, 0) is 25.0 Å². The minimum Gasteiger partial charge on any atom is -0.480 e. The van der Waals surface area contributed by atoms with Crippen molar-refractivity contribution < 1.29 is 9.90 Å². The maximum absolute atomic E-state index is 10.7. The third-order valence-electron chi connectivity index (χ3n) is 2.11. The monoisotopic (exact) mass is 189 g/mol. The first-order chi connectivity index (χ1) is 6.56. The number of nitrogens with zero attached hydrogens (tertiary/aromatic N) is 1. The summed E-state index contributed by atoms with van der Waals surface area (Å²) in [5.74, 6) is -2.16. The van der Waals surface area contributed by atoms with Crippen LogP contribution in [0.5, 0.6) is 0 Å². The van der Waals surface area contributed by atoms with Crippen LogP contribution in [0.25, 0.3) is 0 Å². The Morgan fingerprint density at radius 3 is 2.57 bits per heavy atom. The molecule has 0 aromatic heterocycles. The van der Waals surface area contributed by atoms with Gasteiger partial charge >= 0.3 is 5.97 Å². The van der Waals surface area contributed by atoms with Crippen LogP contribution < -0.4 is 0 Å². The second kappa shape index (κ2) is 3.93. The summed E-state index contributed by atoms with van der Waals surface area (Å²) >= 11 is 0. The molecule has 0 aliphatic rings. The molecule has 0 aliphatic carbocycles. The van der Waals surface area contributed by atoms with Crippen molar-refractivity contribution in [2.24, 2.45) is 0 Å². The molecule has 1 atom stereocenters. The number of carbonyl (C=O) groups is 1. The number of aliphatic carboxylic acids is 1. The van der Waals surface area contributed by atoms with Gasteiger partial charge in [0, 0.05) is 0 Å². The molecule has 72 valence electrons. The second-order valence-electron chi connectivity index (χ2n) is 3.26. The molecule has 0 heterocycles. The lowest BCUT2D eigenvalue weighted by Gasteiger charge is -2.08. The van der Waals surface area contributed by atoms with E-state index in [1.807, 2.05) is 26.0 Å². The summed E-state index contributed by atoms with van der Waals surface area (Å²) in [5, 5.41) is 17.5. The van der Waals surface area contributed by atoms with E-state index in [0.717, 1.165) is 11.1 Å². The van der Waals surface area contributed by atoms with Crippen molar-refractivity contribution in [3.63, 3.8) is 0 Å². The first-order valence-electron chi connectivity index (χ1n) is 4.26. The molecule has 0 amide bonds. The molecule has 0 saturated heterocycles. The summed E-state index contributed by atoms with van der Waals surface area (Å²) in [4.78, 5) is 10.7. The highest BCUT2D eigenvalue weighted by atomic mass is 16.4. The van der Waals surface area contributed by atoms with Gasteiger partial charge < -0.3 is 5.11 Å². The van der Waals surface area contributed by atoms with E-state index in [4.69, 9.17) is 10.4 Å². The quantitative estimate of drug-likeness (QED) is 0.773.